The van der Waals surface area contributed by atoms with Crippen LogP contribution in [0.15, 0.2) is 36.5 Å². The summed E-state index contributed by atoms with van der Waals surface area (Å²) in [6.45, 7) is 3.81. The Labute approximate surface area is 463 Å². The number of carbonyl (C=O) groups is 1. The van der Waals surface area contributed by atoms with Gasteiger partial charge in [0.15, 0.2) is 6.29 Å². The molecule has 7 atom stereocenters. The van der Waals surface area contributed by atoms with Gasteiger partial charge in [-0.25, -0.2) is 0 Å². The molecule has 1 fully saturated rings. The lowest BCUT2D eigenvalue weighted by Gasteiger charge is -2.40. The van der Waals surface area contributed by atoms with Crippen LogP contribution in [0, 0.1) is 0 Å². The Bertz CT molecular complexity index is 1270. The molecule has 9 nitrogen and oxygen atoms in total. The third-order valence-electron chi connectivity index (χ3n) is 15.7. The number of aliphatic hydroxyl groups is 5. The number of hydrogen-bond acceptors (Lipinski definition) is 8. The van der Waals surface area contributed by atoms with Crippen molar-refractivity contribution in [1.82, 2.24) is 5.32 Å². The second kappa shape index (κ2) is 55.7. The Hall–Kier alpha value is -1.59. The maximum atomic E-state index is 13.1. The van der Waals surface area contributed by atoms with Gasteiger partial charge in [0, 0.05) is 6.42 Å². The molecule has 0 bridgehead atoms. The topological polar surface area (TPSA) is 149 Å². The van der Waals surface area contributed by atoms with Gasteiger partial charge < -0.3 is 40.3 Å². The number of nitrogens with one attached hydrogen (secondary N) is 1. The maximum Gasteiger partial charge on any atom is 0.220 e. The molecule has 1 aliphatic heterocycles. The summed E-state index contributed by atoms with van der Waals surface area (Å²) >= 11 is 0. The smallest absolute Gasteiger partial charge is 0.220 e. The number of ether oxygens (including phenoxy) is 2. The van der Waals surface area contributed by atoms with Crippen LogP contribution in [0.2, 0.25) is 0 Å². The van der Waals surface area contributed by atoms with E-state index in [9.17, 15) is 30.3 Å². The van der Waals surface area contributed by atoms with E-state index in [1.165, 1.54) is 257 Å². The SMILES string of the molecule is CCCCCCC/C=C\C/C=C\CCCCCCCCCCCCCCCCCC(=O)NC(COC1OC(CO)C(O)C(O)C1O)C(O)/C=C/CCCCCCCCCCCCCCCCCCCCCCCCC. The van der Waals surface area contributed by atoms with Crippen LogP contribution in [0.25, 0.3) is 0 Å². The zero-order valence-electron chi connectivity index (χ0n) is 49.3. The highest BCUT2D eigenvalue weighted by atomic mass is 16.7. The highest BCUT2D eigenvalue weighted by Crippen LogP contribution is 2.23. The summed E-state index contributed by atoms with van der Waals surface area (Å²) in [5.41, 5.74) is 0. The standard InChI is InChI=1S/C66H125NO8/c1-3-5-7-9-11-13-15-17-19-21-23-25-27-29-30-32-34-36-38-40-42-44-46-48-50-52-54-56-62(70)67-59(58-74-66-65(73)64(72)63(71)61(57-68)75-66)60(69)55-53-51-49-47-45-43-41-39-37-35-33-31-28-26-24-22-20-18-16-14-12-10-8-6-4-2/h15,17,21,23,53,55,59-61,63-66,68-69,71-73H,3-14,16,18-20,22,24-52,54,56-58H2,1-2H3,(H,67,70)/b17-15-,23-21-,55-53+. The van der Waals surface area contributed by atoms with E-state index in [4.69, 9.17) is 9.47 Å². The van der Waals surface area contributed by atoms with Crippen LogP contribution in [-0.4, -0.2) is 87.5 Å². The molecular weight excluding hydrogens is 935 g/mol. The summed E-state index contributed by atoms with van der Waals surface area (Å²) in [5.74, 6) is -0.172. The number of allylic oxidation sites excluding steroid dienone is 5. The molecule has 0 aromatic rings. The average molecular weight is 1060 g/mol. The van der Waals surface area contributed by atoms with E-state index in [2.05, 4.69) is 43.5 Å². The van der Waals surface area contributed by atoms with E-state index in [1.807, 2.05) is 6.08 Å². The molecule has 0 aromatic heterocycles. The van der Waals surface area contributed by atoms with E-state index in [0.29, 0.717) is 6.42 Å². The van der Waals surface area contributed by atoms with E-state index in [-0.39, 0.29) is 12.5 Å². The van der Waals surface area contributed by atoms with E-state index in [0.717, 1.165) is 44.9 Å². The number of rotatable bonds is 57. The molecule has 1 rings (SSSR count). The van der Waals surface area contributed by atoms with Crippen molar-refractivity contribution in [2.24, 2.45) is 0 Å². The van der Waals surface area contributed by atoms with Crippen LogP contribution >= 0.6 is 0 Å². The van der Waals surface area contributed by atoms with Crippen LogP contribution in [0.4, 0.5) is 0 Å². The zero-order chi connectivity index (χ0) is 54.3. The van der Waals surface area contributed by atoms with Crippen molar-refractivity contribution in [3.8, 4) is 0 Å². The molecule has 0 radical (unpaired) electrons. The van der Waals surface area contributed by atoms with Crippen molar-refractivity contribution in [3.05, 3.63) is 36.5 Å². The minimum atomic E-state index is -1.57. The molecule has 1 saturated heterocycles. The average Bonchev–Trinajstić information content (AvgIpc) is 3.41. The van der Waals surface area contributed by atoms with Gasteiger partial charge in [-0.05, 0) is 51.4 Å². The highest BCUT2D eigenvalue weighted by molar-refractivity contribution is 5.76. The summed E-state index contributed by atoms with van der Waals surface area (Å²) in [4.78, 5) is 13.1. The second-order valence-electron chi connectivity index (χ2n) is 22.9. The largest absolute Gasteiger partial charge is 0.394 e. The van der Waals surface area contributed by atoms with Gasteiger partial charge in [-0.15, -0.1) is 0 Å². The second-order valence-corrected chi connectivity index (χ2v) is 22.9. The third kappa shape index (κ3) is 44.9. The monoisotopic (exact) mass is 1060 g/mol. The molecule has 0 aromatic carbocycles. The Morgan fingerprint density at radius 1 is 0.453 bits per heavy atom. The normalized spacial score (nSPS) is 19.1. The predicted molar refractivity (Wildman–Crippen MR) is 318 cm³/mol. The van der Waals surface area contributed by atoms with Crippen LogP contribution < -0.4 is 5.32 Å². The lowest BCUT2D eigenvalue weighted by atomic mass is 9.99. The van der Waals surface area contributed by atoms with Crippen LogP contribution in [-0.2, 0) is 14.3 Å². The Morgan fingerprint density at radius 3 is 1.15 bits per heavy atom. The van der Waals surface area contributed by atoms with Gasteiger partial charge in [-0.2, -0.15) is 0 Å². The molecular formula is C66H125NO8. The van der Waals surface area contributed by atoms with Crippen molar-refractivity contribution >= 4 is 5.91 Å². The summed E-state index contributed by atoms with van der Waals surface area (Å²) in [5, 5.41) is 54.7. The van der Waals surface area contributed by atoms with Gasteiger partial charge in [-0.1, -0.05) is 301 Å². The van der Waals surface area contributed by atoms with Crippen LogP contribution in [0.5, 0.6) is 0 Å². The quantitative estimate of drug-likeness (QED) is 0.0261. The summed E-state index contributed by atoms with van der Waals surface area (Å²) < 4.78 is 11.3. The van der Waals surface area contributed by atoms with Crippen LogP contribution in [0.3, 0.4) is 0 Å². The molecule has 9 heteroatoms. The highest BCUT2D eigenvalue weighted by Gasteiger charge is 2.44. The number of hydrogen-bond donors (Lipinski definition) is 6. The number of unbranched alkanes of at least 4 members (excludes halogenated alkanes) is 43. The van der Waals surface area contributed by atoms with E-state index >= 15 is 0 Å². The predicted octanol–water partition coefficient (Wildman–Crippen LogP) is 17.1. The number of aliphatic hydroxyl groups excluding tert-OH is 5. The van der Waals surface area contributed by atoms with Crippen molar-refractivity contribution < 1.29 is 39.8 Å². The van der Waals surface area contributed by atoms with Gasteiger partial charge in [-0.3, -0.25) is 4.79 Å². The van der Waals surface area contributed by atoms with E-state index in [1.54, 1.807) is 6.08 Å². The fourth-order valence-corrected chi connectivity index (χ4v) is 10.5. The van der Waals surface area contributed by atoms with Crippen molar-refractivity contribution in [1.29, 1.82) is 0 Å². The Morgan fingerprint density at radius 2 is 0.787 bits per heavy atom. The molecule has 1 aliphatic rings. The Balaban J connectivity index is 2.16. The van der Waals surface area contributed by atoms with Gasteiger partial charge in [0.05, 0.1) is 25.4 Å². The van der Waals surface area contributed by atoms with Crippen LogP contribution in [0.1, 0.15) is 322 Å². The minimum Gasteiger partial charge on any atom is -0.394 e. The summed E-state index contributed by atoms with van der Waals surface area (Å²) in [7, 11) is 0. The fourth-order valence-electron chi connectivity index (χ4n) is 10.5. The minimum absolute atomic E-state index is 0.172. The summed E-state index contributed by atoms with van der Waals surface area (Å²) in [6.07, 6.45) is 66.6. The van der Waals surface area contributed by atoms with Crippen molar-refractivity contribution in [3.63, 3.8) is 0 Å². The number of carbonyl (C=O) groups excluding carboxylic acids is 1. The lowest BCUT2D eigenvalue weighted by molar-refractivity contribution is -0.302. The molecule has 0 aliphatic carbocycles. The van der Waals surface area contributed by atoms with Gasteiger partial charge >= 0.3 is 0 Å². The molecule has 1 amide bonds. The maximum absolute atomic E-state index is 13.1. The van der Waals surface area contributed by atoms with Crippen molar-refractivity contribution in [2.45, 2.75) is 365 Å². The van der Waals surface area contributed by atoms with Gasteiger partial charge in [0.2, 0.25) is 5.91 Å². The Kier molecular flexibility index (Phi) is 53.1. The summed E-state index contributed by atoms with van der Waals surface area (Å²) in [6, 6.07) is -0.805. The lowest BCUT2D eigenvalue weighted by Crippen LogP contribution is -2.60. The molecule has 442 valence electrons. The molecule has 1 heterocycles. The number of amides is 1. The van der Waals surface area contributed by atoms with E-state index < -0.39 is 49.5 Å². The first-order chi connectivity index (χ1) is 36.8. The molecule has 75 heavy (non-hydrogen) atoms. The van der Waals surface area contributed by atoms with Gasteiger partial charge in [0.1, 0.15) is 24.4 Å². The van der Waals surface area contributed by atoms with Gasteiger partial charge in [0.25, 0.3) is 0 Å². The first-order valence-corrected chi connectivity index (χ1v) is 32.7. The molecule has 0 saturated carbocycles. The zero-order valence-corrected chi connectivity index (χ0v) is 49.3. The fraction of sp³-hybridized carbons (Fsp3) is 0.894. The van der Waals surface area contributed by atoms with Crippen molar-refractivity contribution in [2.75, 3.05) is 13.2 Å². The molecule has 6 N–H and O–H groups in total. The first kappa shape index (κ1) is 71.4. The third-order valence-corrected chi connectivity index (χ3v) is 15.7. The first-order valence-electron chi connectivity index (χ1n) is 32.7. The molecule has 7 unspecified atom stereocenters. The molecule has 0 spiro atoms.